The van der Waals surface area contributed by atoms with Crippen LogP contribution in [0.5, 0.6) is 0 Å². The van der Waals surface area contributed by atoms with Gasteiger partial charge in [-0.3, -0.25) is 13.8 Å². The standard InChI is InChI=1S/C39H58N6O4S/c1-7-33(44-20-17-40-27-44)23-34(45-18-8-9-37(45)47)22-31(30-12-14-35(15-13-30)50(48)49)11-10-28(2)43-19-16-29(26-43)21-36(46)41-32-24-38(3,4)42-39(5,6)25-32/h12-17,19-20,26-28,31-34,42H,7-11,18,21-25H2,1-6H3,(H,41,46)(H,48,49)/p-1. The van der Waals surface area contributed by atoms with Gasteiger partial charge in [-0.1, -0.05) is 19.1 Å². The van der Waals surface area contributed by atoms with Gasteiger partial charge in [0.2, 0.25) is 11.8 Å². The van der Waals surface area contributed by atoms with Crippen molar-refractivity contribution in [2.24, 2.45) is 0 Å². The van der Waals surface area contributed by atoms with Crippen molar-refractivity contribution in [2.45, 2.75) is 152 Å². The van der Waals surface area contributed by atoms with E-state index in [4.69, 9.17) is 0 Å². The van der Waals surface area contributed by atoms with E-state index < -0.39 is 11.1 Å². The second kappa shape index (κ2) is 16.4. The smallest absolute Gasteiger partial charge is 0.224 e. The molecule has 0 spiro atoms. The molecule has 2 amide bonds. The molecule has 0 radical (unpaired) electrons. The summed E-state index contributed by atoms with van der Waals surface area (Å²) in [4.78, 5) is 32.9. The molecular formula is C39H57N6O4S-. The van der Waals surface area contributed by atoms with Crippen LogP contribution in [0.2, 0.25) is 0 Å². The lowest BCUT2D eigenvalue weighted by Crippen LogP contribution is -2.62. The number of hydrogen-bond donors (Lipinski definition) is 2. The fourth-order valence-electron chi connectivity index (χ4n) is 8.62. The Morgan fingerprint density at radius 1 is 1.04 bits per heavy atom. The third kappa shape index (κ3) is 10.2. The zero-order valence-electron chi connectivity index (χ0n) is 30.8. The number of nitrogens with zero attached hydrogens (tertiary/aromatic N) is 4. The number of carbonyl (C=O) groups is 2. The monoisotopic (exact) mass is 705 g/mol. The first-order valence-corrected chi connectivity index (χ1v) is 19.5. The van der Waals surface area contributed by atoms with Gasteiger partial charge in [0.1, 0.15) is 0 Å². The van der Waals surface area contributed by atoms with Crippen LogP contribution in [0.15, 0.2) is 66.3 Å². The number of benzene rings is 1. The Morgan fingerprint density at radius 3 is 2.36 bits per heavy atom. The zero-order chi connectivity index (χ0) is 36.1. The van der Waals surface area contributed by atoms with Gasteiger partial charge in [0, 0.05) is 77.9 Å². The molecule has 4 heterocycles. The number of hydrogen-bond acceptors (Lipinski definition) is 6. The van der Waals surface area contributed by atoms with Crippen LogP contribution >= 0.6 is 0 Å². The summed E-state index contributed by atoms with van der Waals surface area (Å²) in [6.45, 7) is 13.9. The van der Waals surface area contributed by atoms with Gasteiger partial charge < -0.3 is 29.2 Å². The Kier molecular flexibility index (Phi) is 12.4. The van der Waals surface area contributed by atoms with E-state index in [0.29, 0.717) is 12.8 Å². The summed E-state index contributed by atoms with van der Waals surface area (Å²) in [5.41, 5.74) is 2.02. The van der Waals surface area contributed by atoms with E-state index in [9.17, 15) is 18.4 Å². The predicted octanol–water partition coefficient (Wildman–Crippen LogP) is 6.44. The molecule has 2 fully saturated rings. The van der Waals surface area contributed by atoms with Crippen molar-refractivity contribution in [3.63, 3.8) is 0 Å². The third-order valence-electron chi connectivity index (χ3n) is 10.8. The average molecular weight is 706 g/mol. The average Bonchev–Trinajstić information content (AvgIpc) is 3.82. The Balaban J connectivity index is 1.27. The number of amides is 2. The molecule has 5 unspecified atom stereocenters. The normalized spacial score (nSPS) is 20.7. The van der Waals surface area contributed by atoms with Crippen molar-refractivity contribution >= 4 is 22.9 Å². The minimum absolute atomic E-state index is 0.0327. The summed E-state index contributed by atoms with van der Waals surface area (Å²) in [5, 5.41) is 6.98. The number of likely N-dealkylation sites (tertiary alicyclic amines) is 1. The van der Waals surface area contributed by atoms with Gasteiger partial charge in [-0.25, -0.2) is 4.98 Å². The second-order valence-corrected chi connectivity index (χ2v) is 17.0. The van der Waals surface area contributed by atoms with E-state index in [2.05, 4.69) is 83.6 Å². The van der Waals surface area contributed by atoms with Gasteiger partial charge in [-0.15, -0.1) is 0 Å². The summed E-state index contributed by atoms with van der Waals surface area (Å²) in [6.07, 6.45) is 17.8. The molecule has 2 N–H and O–H groups in total. The van der Waals surface area contributed by atoms with Gasteiger partial charge in [0.15, 0.2) is 0 Å². The number of carbonyl (C=O) groups excluding carboxylic acids is 2. The number of nitrogens with one attached hydrogen (secondary N) is 2. The molecular weight excluding hydrogens is 649 g/mol. The van der Waals surface area contributed by atoms with Crippen molar-refractivity contribution in [3.05, 3.63) is 72.6 Å². The number of piperidine rings is 1. The van der Waals surface area contributed by atoms with Crippen LogP contribution in [0.25, 0.3) is 0 Å². The van der Waals surface area contributed by atoms with Gasteiger partial charge in [0.25, 0.3) is 0 Å². The maximum atomic E-state index is 13.1. The first-order chi connectivity index (χ1) is 23.7. The highest BCUT2D eigenvalue weighted by Crippen LogP contribution is 2.36. The lowest BCUT2D eigenvalue weighted by Gasteiger charge is -2.46. The first kappa shape index (κ1) is 38.0. The quantitative estimate of drug-likeness (QED) is 0.166. The Morgan fingerprint density at radius 2 is 1.76 bits per heavy atom. The number of aromatic nitrogens is 3. The summed E-state index contributed by atoms with van der Waals surface area (Å²) in [5.74, 6) is 0.403. The lowest BCUT2D eigenvalue weighted by atomic mass is 9.79. The number of rotatable bonds is 16. The first-order valence-electron chi connectivity index (χ1n) is 18.4. The molecule has 0 aliphatic carbocycles. The Labute approximate surface area is 301 Å². The highest BCUT2D eigenvalue weighted by atomic mass is 32.2. The maximum absolute atomic E-state index is 13.1. The van der Waals surface area contributed by atoms with E-state index in [1.54, 1.807) is 18.3 Å². The molecule has 3 aromatic rings. The van der Waals surface area contributed by atoms with E-state index >= 15 is 0 Å². The van der Waals surface area contributed by atoms with E-state index in [1.807, 2.05) is 30.7 Å². The summed E-state index contributed by atoms with van der Waals surface area (Å²) in [6, 6.07) is 9.89. The predicted molar refractivity (Wildman–Crippen MR) is 196 cm³/mol. The highest BCUT2D eigenvalue weighted by molar-refractivity contribution is 7.79. The fourth-order valence-corrected chi connectivity index (χ4v) is 8.98. The molecule has 11 heteroatoms. The van der Waals surface area contributed by atoms with E-state index in [1.165, 1.54) is 0 Å². The van der Waals surface area contributed by atoms with Crippen LogP contribution in [0.4, 0.5) is 0 Å². The summed E-state index contributed by atoms with van der Waals surface area (Å²) < 4.78 is 27.6. The van der Waals surface area contributed by atoms with E-state index in [0.717, 1.165) is 69.0 Å². The van der Waals surface area contributed by atoms with Gasteiger partial charge in [-0.05, 0) is 132 Å². The van der Waals surface area contributed by atoms with Gasteiger partial charge >= 0.3 is 0 Å². The van der Waals surface area contributed by atoms with Crippen molar-refractivity contribution in [1.29, 1.82) is 0 Å². The summed E-state index contributed by atoms with van der Waals surface area (Å²) in [7, 11) is 0. The van der Waals surface area contributed by atoms with Crippen molar-refractivity contribution in [2.75, 3.05) is 6.54 Å². The second-order valence-electron chi connectivity index (χ2n) is 16.0. The zero-order valence-corrected chi connectivity index (χ0v) is 31.6. The minimum Gasteiger partial charge on any atom is -0.768 e. The number of imidazole rings is 1. The molecule has 10 nitrogen and oxygen atoms in total. The summed E-state index contributed by atoms with van der Waals surface area (Å²) >= 11 is -2.29. The highest BCUT2D eigenvalue weighted by Gasteiger charge is 2.38. The van der Waals surface area contributed by atoms with Crippen LogP contribution < -0.4 is 10.6 Å². The van der Waals surface area contributed by atoms with Crippen LogP contribution in [-0.4, -0.2) is 69.3 Å². The van der Waals surface area contributed by atoms with Crippen molar-refractivity contribution in [3.8, 4) is 0 Å². The maximum Gasteiger partial charge on any atom is 0.224 e. The van der Waals surface area contributed by atoms with Crippen LogP contribution in [0.3, 0.4) is 0 Å². The molecule has 2 aliphatic rings. The van der Waals surface area contributed by atoms with Crippen LogP contribution in [0.1, 0.15) is 128 Å². The Hall–Kier alpha value is -3.28. The van der Waals surface area contributed by atoms with Crippen LogP contribution in [-0.2, 0) is 27.1 Å². The SMILES string of the molecule is CCC(CC(CC(CCC(C)n1ccc(CC(=O)NC2CC(C)(C)NC(C)(C)C2)c1)c1ccc(S(=O)[O-])cc1)N1CCCC1=O)n1ccnc1. The van der Waals surface area contributed by atoms with E-state index in [-0.39, 0.29) is 57.9 Å². The lowest BCUT2D eigenvalue weighted by molar-refractivity contribution is -0.130. The Bertz CT molecular complexity index is 1570. The van der Waals surface area contributed by atoms with Gasteiger partial charge in [-0.2, -0.15) is 0 Å². The fraction of sp³-hybridized carbons (Fsp3) is 0.615. The molecule has 0 saturated carbocycles. The molecule has 50 heavy (non-hydrogen) atoms. The molecule has 1 aromatic carbocycles. The molecule has 274 valence electrons. The largest absolute Gasteiger partial charge is 0.768 e. The van der Waals surface area contributed by atoms with Crippen molar-refractivity contribution < 1.29 is 18.4 Å². The van der Waals surface area contributed by atoms with Crippen molar-refractivity contribution in [1.82, 2.24) is 29.7 Å². The van der Waals surface area contributed by atoms with Crippen LogP contribution in [0, 0.1) is 0 Å². The molecule has 2 aromatic heterocycles. The molecule has 5 atom stereocenters. The topological polar surface area (TPSA) is 124 Å². The molecule has 5 rings (SSSR count). The molecule has 2 saturated heterocycles. The third-order valence-corrected chi connectivity index (χ3v) is 11.4. The molecule has 2 aliphatic heterocycles. The van der Waals surface area contributed by atoms with Gasteiger partial charge in [0.05, 0.1) is 12.7 Å². The minimum atomic E-state index is -2.29. The molecule has 0 bridgehead atoms.